The van der Waals surface area contributed by atoms with Crippen LogP contribution < -0.4 is 10.8 Å². The second-order valence-corrected chi connectivity index (χ2v) is 6.68. The van der Waals surface area contributed by atoms with Crippen LogP contribution >= 0.6 is 11.3 Å². The second kappa shape index (κ2) is 6.58. The Hall–Kier alpha value is -3.23. The van der Waals surface area contributed by atoms with Crippen LogP contribution in [0.25, 0.3) is 16.2 Å². The first kappa shape index (κ1) is 16.2. The number of nitrogens with one attached hydrogen (secondary N) is 2. The number of nitrogens with zero attached hydrogens (tertiary/aromatic N) is 3. The summed E-state index contributed by atoms with van der Waals surface area (Å²) in [6.07, 6.45) is 3.81. The molecule has 0 aliphatic heterocycles. The summed E-state index contributed by atoms with van der Waals surface area (Å²) in [7, 11) is 0. The number of fused-ring (bicyclic) bond motifs is 1. The lowest BCUT2D eigenvalue weighted by atomic mass is 10.2. The zero-order chi connectivity index (χ0) is 18.1. The van der Waals surface area contributed by atoms with E-state index in [0.717, 1.165) is 32.7 Å². The number of aromatic nitrogens is 3. The average molecular weight is 365 g/mol. The molecule has 3 heterocycles. The van der Waals surface area contributed by atoms with Gasteiger partial charge in [-0.1, -0.05) is 17.4 Å². The fourth-order valence-electron chi connectivity index (χ4n) is 2.74. The molecule has 0 aliphatic rings. The van der Waals surface area contributed by atoms with Gasteiger partial charge >= 0.3 is 0 Å². The fourth-order valence-corrected chi connectivity index (χ4v) is 3.68. The zero-order valence-corrected chi connectivity index (χ0v) is 14.6. The molecule has 1 amide bonds. The predicted molar refractivity (Wildman–Crippen MR) is 100 cm³/mol. The normalized spacial score (nSPS) is 10.8. The Labute approximate surface area is 152 Å². The Morgan fingerprint density at radius 3 is 2.77 bits per heavy atom. The number of rotatable bonds is 4. The van der Waals surface area contributed by atoms with E-state index in [1.807, 2.05) is 37.5 Å². The lowest BCUT2D eigenvalue weighted by molar-refractivity contribution is 0.0706. The number of imidazole rings is 1. The molecule has 26 heavy (non-hydrogen) atoms. The molecule has 0 unspecified atom stereocenters. The number of carbonyl (C=O) groups excluding carboxylic acids is 1. The fraction of sp³-hybridized carbons (Fsp3) is 0.0556. The highest BCUT2D eigenvalue weighted by molar-refractivity contribution is 7.18. The number of anilines is 2. The summed E-state index contributed by atoms with van der Waals surface area (Å²) < 4.78 is 2.05. The maximum atomic E-state index is 11.4. The third-order valence-electron chi connectivity index (χ3n) is 3.94. The van der Waals surface area contributed by atoms with Gasteiger partial charge in [-0.3, -0.25) is 14.4 Å². The van der Waals surface area contributed by atoms with Crippen molar-refractivity contribution >= 4 is 33.7 Å². The number of carbonyl (C=O) groups is 1. The van der Waals surface area contributed by atoms with Crippen molar-refractivity contribution in [1.82, 2.24) is 19.8 Å². The topological polar surface area (TPSA) is 91.5 Å². The minimum absolute atomic E-state index is 0.374. The van der Waals surface area contributed by atoms with Crippen LogP contribution in [0.1, 0.15) is 16.1 Å². The van der Waals surface area contributed by atoms with Crippen molar-refractivity contribution in [3.8, 4) is 10.6 Å². The number of thiazole rings is 1. The summed E-state index contributed by atoms with van der Waals surface area (Å²) in [5.41, 5.74) is 5.67. The van der Waals surface area contributed by atoms with Crippen LogP contribution in [-0.2, 0) is 0 Å². The van der Waals surface area contributed by atoms with E-state index in [9.17, 15) is 4.79 Å². The van der Waals surface area contributed by atoms with E-state index in [2.05, 4.69) is 19.7 Å². The van der Waals surface area contributed by atoms with Gasteiger partial charge in [0.15, 0.2) is 5.13 Å². The van der Waals surface area contributed by atoms with E-state index < -0.39 is 5.91 Å². The van der Waals surface area contributed by atoms with E-state index in [0.29, 0.717) is 5.56 Å². The molecule has 0 spiro atoms. The molecular weight excluding hydrogens is 350 g/mol. The smallest absolute Gasteiger partial charge is 0.274 e. The molecular formula is C18H15N5O2S. The molecule has 0 bridgehead atoms. The van der Waals surface area contributed by atoms with Crippen LogP contribution in [0, 0.1) is 6.92 Å². The van der Waals surface area contributed by atoms with Crippen LogP contribution in [0.3, 0.4) is 0 Å². The van der Waals surface area contributed by atoms with Crippen molar-refractivity contribution in [1.29, 1.82) is 0 Å². The van der Waals surface area contributed by atoms with Crippen LogP contribution in [0.4, 0.5) is 10.8 Å². The highest BCUT2D eigenvalue weighted by Crippen LogP contribution is 2.33. The van der Waals surface area contributed by atoms with Gasteiger partial charge in [0.2, 0.25) is 0 Å². The monoisotopic (exact) mass is 365 g/mol. The lowest BCUT2D eigenvalue weighted by Crippen LogP contribution is -2.18. The number of aryl methyl sites for hydroxylation is 1. The highest BCUT2D eigenvalue weighted by atomic mass is 32.1. The Kier molecular flexibility index (Phi) is 4.11. The van der Waals surface area contributed by atoms with Gasteiger partial charge in [-0.15, -0.1) is 0 Å². The van der Waals surface area contributed by atoms with Gasteiger partial charge in [0.25, 0.3) is 5.91 Å². The van der Waals surface area contributed by atoms with Crippen molar-refractivity contribution in [2.75, 3.05) is 5.32 Å². The van der Waals surface area contributed by atoms with E-state index in [1.54, 1.807) is 29.7 Å². The quantitative estimate of drug-likeness (QED) is 0.379. The molecule has 0 aliphatic carbocycles. The molecule has 3 N–H and O–H groups in total. The van der Waals surface area contributed by atoms with Crippen molar-refractivity contribution in [3.05, 3.63) is 66.1 Å². The molecule has 0 atom stereocenters. The first-order valence-electron chi connectivity index (χ1n) is 7.87. The average Bonchev–Trinajstić information content (AvgIpc) is 3.24. The second-order valence-electron chi connectivity index (χ2n) is 5.65. The molecule has 4 aromatic rings. The summed E-state index contributed by atoms with van der Waals surface area (Å²) in [6, 6.07) is 12.7. The van der Waals surface area contributed by atoms with Gasteiger partial charge in [-0.25, -0.2) is 15.4 Å². The number of hydroxylamine groups is 1. The van der Waals surface area contributed by atoms with Gasteiger partial charge in [0.1, 0.15) is 5.65 Å². The number of hydrogen-bond donors (Lipinski definition) is 3. The Balaban J connectivity index is 1.60. The number of benzene rings is 1. The minimum atomic E-state index is -0.545. The van der Waals surface area contributed by atoms with E-state index in [4.69, 9.17) is 5.21 Å². The SMILES string of the molecule is Cc1nc2ccccn2c1-c1cnc(Nc2ccc(C(=O)NO)cc2)s1. The number of pyridine rings is 1. The lowest BCUT2D eigenvalue weighted by Gasteiger charge is -2.04. The van der Waals surface area contributed by atoms with Crippen molar-refractivity contribution in [2.24, 2.45) is 0 Å². The Bertz CT molecular complexity index is 1080. The van der Waals surface area contributed by atoms with Gasteiger partial charge in [-0.2, -0.15) is 0 Å². The van der Waals surface area contributed by atoms with Crippen molar-refractivity contribution in [2.45, 2.75) is 6.92 Å². The Morgan fingerprint density at radius 1 is 1.19 bits per heavy atom. The molecule has 130 valence electrons. The molecule has 0 radical (unpaired) electrons. The van der Waals surface area contributed by atoms with Crippen molar-refractivity contribution in [3.63, 3.8) is 0 Å². The zero-order valence-electron chi connectivity index (χ0n) is 13.8. The van der Waals surface area contributed by atoms with Crippen LogP contribution in [0.2, 0.25) is 0 Å². The van der Waals surface area contributed by atoms with Gasteiger partial charge in [0.05, 0.1) is 16.3 Å². The van der Waals surface area contributed by atoms with Gasteiger partial charge in [0, 0.05) is 23.6 Å². The van der Waals surface area contributed by atoms with Crippen molar-refractivity contribution < 1.29 is 10.0 Å². The Morgan fingerprint density at radius 2 is 2.00 bits per heavy atom. The molecule has 7 nitrogen and oxygen atoms in total. The largest absolute Gasteiger partial charge is 0.332 e. The summed E-state index contributed by atoms with van der Waals surface area (Å²) in [4.78, 5) is 21.4. The third kappa shape index (κ3) is 2.92. The first-order valence-corrected chi connectivity index (χ1v) is 8.69. The highest BCUT2D eigenvalue weighted by Gasteiger charge is 2.14. The van der Waals surface area contributed by atoms with E-state index in [1.165, 1.54) is 11.3 Å². The van der Waals surface area contributed by atoms with E-state index in [-0.39, 0.29) is 0 Å². The molecule has 1 aromatic carbocycles. The standard InChI is InChI=1S/C18H15N5O2S/c1-11-16(23-9-3-2-4-15(23)20-11)14-10-19-18(26-14)21-13-7-5-12(6-8-13)17(24)22-25/h2-10,25H,1H3,(H,19,21)(H,22,24). The maximum absolute atomic E-state index is 11.4. The van der Waals surface area contributed by atoms with Gasteiger partial charge in [-0.05, 0) is 43.3 Å². The molecule has 0 saturated carbocycles. The maximum Gasteiger partial charge on any atom is 0.274 e. The molecule has 3 aromatic heterocycles. The predicted octanol–water partition coefficient (Wildman–Crippen LogP) is 3.63. The molecule has 4 rings (SSSR count). The molecule has 8 heteroatoms. The third-order valence-corrected chi connectivity index (χ3v) is 4.86. The molecule has 0 saturated heterocycles. The summed E-state index contributed by atoms with van der Waals surface area (Å²) in [5.74, 6) is -0.545. The van der Waals surface area contributed by atoms with Crippen LogP contribution in [-0.4, -0.2) is 25.5 Å². The number of amides is 1. The van der Waals surface area contributed by atoms with Gasteiger partial charge < -0.3 is 5.32 Å². The van der Waals surface area contributed by atoms with E-state index >= 15 is 0 Å². The summed E-state index contributed by atoms with van der Waals surface area (Å²) >= 11 is 1.53. The molecule has 0 fully saturated rings. The van der Waals surface area contributed by atoms with Crippen LogP contribution in [0.5, 0.6) is 0 Å². The minimum Gasteiger partial charge on any atom is -0.332 e. The summed E-state index contributed by atoms with van der Waals surface area (Å²) in [6.45, 7) is 1.99. The number of hydrogen-bond acceptors (Lipinski definition) is 6. The van der Waals surface area contributed by atoms with Crippen LogP contribution in [0.15, 0.2) is 54.9 Å². The first-order chi connectivity index (χ1) is 12.7. The summed E-state index contributed by atoms with van der Waals surface area (Å²) in [5, 5.41) is 12.6.